The monoisotopic (exact) mass is 623 g/mol. The summed E-state index contributed by atoms with van der Waals surface area (Å²) in [6.07, 6.45) is -3.94. The van der Waals surface area contributed by atoms with Gasteiger partial charge in [0, 0.05) is 19.0 Å². The van der Waals surface area contributed by atoms with Crippen LogP contribution in [0.4, 0.5) is 18.9 Å². The maximum Gasteiger partial charge on any atom is 0.417 e. The van der Waals surface area contributed by atoms with Crippen molar-refractivity contribution in [3.63, 3.8) is 0 Å². The van der Waals surface area contributed by atoms with Crippen molar-refractivity contribution in [2.24, 2.45) is 0 Å². The molecule has 3 aromatic carbocycles. The second-order valence-electron chi connectivity index (χ2n) is 10.3. The first-order chi connectivity index (χ1) is 19.6. The zero-order chi connectivity index (χ0) is 31.2. The Bertz CT molecular complexity index is 1520. The molecule has 0 aliphatic rings. The maximum absolute atomic E-state index is 14.0. The van der Waals surface area contributed by atoms with E-state index in [1.807, 2.05) is 25.1 Å². The number of carbonyl (C=O) groups is 2. The van der Waals surface area contributed by atoms with Gasteiger partial charge in [-0.1, -0.05) is 71.8 Å². The van der Waals surface area contributed by atoms with Crippen LogP contribution in [0.1, 0.15) is 36.1 Å². The number of nitrogens with zero attached hydrogens (tertiary/aromatic N) is 2. The number of anilines is 1. The number of hydrogen-bond acceptors (Lipinski definition) is 4. The summed E-state index contributed by atoms with van der Waals surface area (Å²) in [6, 6.07) is 17.6. The van der Waals surface area contributed by atoms with Gasteiger partial charge in [0.2, 0.25) is 21.8 Å². The number of amides is 2. The van der Waals surface area contributed by atoms with Gasteiger partial charge < -0.3 is 10.2 Å². The van der Waals surface area contributed by atoms with Gasteiger partial charge in [-0.3, -0.25) is 13.9 Å². The molecule has 0 saturated carbocycles. The molecule has 0 aliphatic heterocycles. The van der Waals surface area contributed by atoms with Crippen molar-refractivity contribution >= 4 is 39.1 Å². The van der Waals surface area contributed by atoms with Gasteiger partial charge in [-0.05, 0) is 50.1 Å². The SMILES string of the molecule is Cc1cccc(CN(C(=O)CN(c2ccc(Cl)c(C(F)(F)F)c2)S(C)(=O)=O)[C@@H](Cc2ccccc2)C(=O)NC(C)C)c1. The zero-order valence-electron chi connectivity index (χ0n) is 23.7. The van der Waals surface area contributed by atoms with E-state index >= 15 is 0 Å². The molecule has 0 unspecified atom stereocenters. The lowest BCUT2D eigenvalue weighted by Crippen LogP contribution is -2.54. The van der Waals surface area contributed by atoms with Crippen molar-refractivity contribution in [2.45, 2.75) is 52.0 Å². The third-order valence-corrected chi connectivity index (χ3v) is 7.83. The fourth-order valence-corrected chi connectivity index (χ4v) is 5.51. The number of hydrogen-bond donors (Lipinski definition) is 1. The molecule has 12 heteroatoms. The Kier molecular flexibility index (Phi) is 10.7. The number of benzene rings is 3. The van der Waals surface area contributed by atoms with Crippen molar-refractivity contribution in [3.8, 4) is 0 Å². The van der Waals surface area contributed by atoms with Crippen LogP contribution in [0.15, 0.2) is 72.8 Å². The maximum atomic E-state index is 14.0. The van der Waals surface area contributed by atoms with Crippen LogP contribution in [-0.4, -0.2) is 50.0 Å². The van der Waals surface area contributed by atoms with E-state index in [4.69, 9.17) is 11.6 Å². The van der Waals surface area contributed by atoms with E-state index in [-0.39, 0.29) is 24.7 Å². The minimum absolute atomic E-state index is 0.0461. The Balaban J connectivity index is 2.10. The van der Waals surface area contributed by atoms with Gasteiger partial charge in [0.25, 0.3) is 0 Å². The fraction of sp³-hybridized carbons (Fsp3) is 0.333. The van der Waals surface area contributed by atoms with Crippen LogP contribution in [0.2, 0.25) is 5.02 Å². The molecule has 1 atom stereocenters. The van der Waals surface area contributed by atoms with Crippen molar-refractivity contribution in [1.82, 2.24) is 10.2 Å². The smallest absolute Gasteiger partial charge is 0.352 e. The molecule has 2 amide bonds. The first-order valence-corrected chi connectivity index (χ1v) is 15.3. The molecule has 7 nitrogen and oxygen atoms in total. The summed E-state index contributed by atoms with van der Waals surface area (Å²) in [6.45, 7) is 4.52. The summed E-state index contributed by atoms with van der Waals surface area (Å²) in [5, 5.41) is 2.23. The quantitative estimate of drug-likeness (QED) is 0.301. The highest BCUT2D eigenvalue weighted by atomic mass is 35.5. The highest BCUT2D eigenvalue weighted by Crippen LogP contribution is 2.37. The van der Waals surface area contributed by atoms with Crippen LogP contribution in [-0.2, 0) is 38.8 Å². The molecule has 0 fully saturated rings. The Morgan fingerprint density at radius 2 is 1.60 bits per heavy atom. The van der Waals surface area contributed by atoms with Crippen molar-refractivity contribution < 1.29 is 31.2 Å². The van der Waals surface area contributed by atoms with Crippen molar-refractivity contribution in [3.05, 3.63) is 100 Å². The normalized spacial score (nSPS) is 12.6. The van der Waals surface area contributed by atoms with Gasteiger partial charge in [0.05, 0.1) is 22.5 Å². The second-order valence-corrected chi connectivity index (χ2v) is 12.6. The van der Waals surface area contributed by atoms with E-state index in [9.17, 15) is 31.2 Å². The third-order valence-electron chi connectivity index (χ3n) is 6.36. The van der Waals surface area contributed by atoms with E-state index in [0.29, 0.717) is 15.9 Å². The highest BCUT2D eigenvalue weighted by molar-refractivity contribution is 7.92. The number of aryl methyl sites for hydroxylation is 1. The van der Waals surface area contributed by atoms with Crippen LogP contribution in [0.5, 0.6) is 0 Å². The topological polar surface area (TPSA) is 86.8 Å². The van der Waals surface area contributed by atoms with Gasteiger partial charge >= 0.3 is 6.18 Å². The summed E-state index contributed by atoms with van der Waals surface area (Å²) >= 11 is 5.75. The van der Waals surface area contributed by atoms with Crippen molar-refractivity contribution in [1.29, 1.82) is 0 Å². The first-order valence-electron chi connectivity index (χ1n) is 13.1. The molecule has 0 heterocycles. The molecule has 42 heavy (non-hydrogen) atoms. The zero-order valence-corrected chi connectivity index (χ0v) is 25.2. The Morgan fingerprint density at radius 1 is 0.952 bits per heavy atom. The van der Waals surface area contributed by atoms with Gasteiger partial charge in [0.1, 0.15) is 12.6 Å². The largest absolute Gasteiger partial charge is 0.417 e. The van der Waals surface area contributed by atoms with E-state index in [1.165, 1.54) is 4.90 Å². The number of alkyl halides is 3. The fourth-order valence-electron chi connectivity index (χ4n) is 4.44. The van der Waals surface area contributed by atoms with Crippen LogP contribution in [0.3, 0.4) is 0 Å². The lowest BCUT2D eigenvalue weighted by atomic mass is 10.0. The van der Waals surface area contributed by atoms with Gasteiger partial charge in [-0.15, -0.1) is 0 Å². The molecular formula is C30H33ClF3N3O4S. The summed E-state index contributed by atoms with van der Waals surface area (Å²) < 4.78 is 67.0. The molecule has 0 spiro atoms. The Labute approximate surface area is 249 Å². The predicted octanol–water partition coefficient (Wildman–Crippen LogP) is 5.60. The minimum Gasteiger partial charge on any atom is -0.352 e. The summed E-state index contributed by atoms with van der Waals surface area (Å²) in [5.74, 6) is -1.23. The van der Waals surface area contributed by atoms with E-state index < -0.39 is 51.2 Å². The lowest BCUT2D eigenvalue weighted by molar-refractivity contribution is -0.140. The number of halogens is 4. The van der Waals surface area contributed by atoms with Crippen LogP contribution in [0.25, 0.3) is 0 Å². The van der Waals surface area contributed by atoms with E-state index in [2.05, 4.69) is 5.32 Å². The number of nitrogens with one attached hydrogen (secondary N) is 1. The molecule has 0 aromatic heterocycles. The molecular weight excluding hydrogens is 591 g/mol. The third kappa shape index (κ3) is 8.96. The average Bonchev–Trinajstić information content (AvgIpc) is 2.88. The second kappa shape index (κ2) is 13.6. The molecule has 0 radical (unpaired) electrons. The van der Waals surface area contributed by atoms with Crippen LogP contribution in [0, 0.1) is 6.92 Å². The number of rotatable bonds is 11. The number of carbonyl (C=O) groups excluding carboxylic acids is 2. The summed E-state index contributed by atoms with van der Waals surface area (Å²) in [4.78, 5) is 28.8. The molecule has 0 aliphatic carbocycles. The minimum atomic E-state index is -4.85. The van der Waals surface area contributed by atoms with E-state index in [0.717, 1.165) is 29.5 Å². The molecule has 0 bridgehead atoms. The summed E-state index contributed by atoms with van der Waals surface area (Å²) in [7, 11) is -4.25. The highest BCUT2D eigenvalue weighted by Gasteiger charge is 2.36. The van der Waals surface area contributed by atoms with Crippen LogP contribution < -0.4 is 9.62 Å². The van der Waals surface area contributed by atoms with E-state index in [1.54, 1.807) is 50.2 Å². The predicted molar refractivity (Wildman–Crippen MR) is 158 cm³/mol. The van der Waals surface area contributed by atoms with Gasteiger partial charge in [-0.25, -0.2) is 8.42 Å². The first kappa shape index (κ1) is 32.9. The molecule has 0 saturated heterocycles. The van der Waals surface area contributed by atoms with Crippen molar-refractivity contribution in [2.75, 3.05) is 17.1 Å². The molecule has 1 N–H and O–H groups in total. The Hall–Kier alpha value is -3.57. The molecule has 226 valence electrons. The molecule has 3 rings (SSSR count). The standard InChI is InChI=1S/C30H33ClF3N3O4S/c1-20(2)35-29(39)27(16-22-10-6-5-7-11-22)36(18-23-12-8-9-21(3)15-23)28(38)19-37(42(4,40)41)24-13-14-26(31)25(17-24)30(32,33)34/h5-15,17,20,27H,16,18-19H2,1-4H3,(H,35,39)/t27-/m0/s1. The van der Waals surface area contributed by atoms with Gasteiger partial charge in [0.15, 0.2) is 0 Å². The molecule has 3 aromatic rings. The van der Waals surface area contributed by atoms with Gasteiger partial charge in [-0.2, -0.15) is 13.2 Å². The summed E-state index contributed by atoms with van der Waals surface area (Å²) in [5.41, 5.74) is 0.734. The average molecular weight is 624 g/mol. The number of sulfonamides is 1. The van der Waals surface area contributed by atoms with Crippen LogP contribution >= 0.6 is 11.6 Å². The Morgan fingerprint density at radius 3 is 2.17 bits per heavy atom. The lowest BCUT2D eigenvalue weighted by Gasteiger charge is -2.34.